The number of amides is 1. The molecule has 1 heterocycles. The molecule has 30 heavy (non-hydrogen) atoms. The van der Waals surface area contributed by atoms with Gasteiger partial charge in [0.25, 0.3) is 0 Å². The molecule has 0 bridgehead atoms. The van der Waals surface area contributed by atoms with Crippen molar-refractivity contribution >= 4 is 35.1 Å². The second kappa shape index (κ2) is 9.84. The quantitative estimate of drug-likeness (QED) is 0.429. The minimum Gasteiger partial charge on any atom is -0.462 e. The summed E-state index contributed by atoms with van der Waals surface area (Å²) in [6, 6.07) is 15.5. The molecule has 0 atom stereocenters. The number of nitrogens with one attached hydrogen (secondary N) is 1. The second-order valence-electron chi connectivity index (χ2n) is 6.35. The van der Waals surface area contributed by atoms with Crippen LogP contribution in [0.3, 0.4) is 0 Å². The highest BCUT2D eigenvalue weighted by molar-refractivity contribution is 6.30. The largest absolute Gasteiger partial charge is 0.462 e. The van der Waals surface area contributed by atoms with Gasteiger partial charge < -0.3 is 10.1 Å². The van der Waals surface area contributed by atoms with Crippen LogP contribution in [0.2, 0.25) is 5.02 Å². The first-order valence-corrected chi connectivity index (χ1v) is 9.76. The first-order valence-electron chi connectivity index (χ1n) is 9.38. The number of rotatable bonds is 8. The lowest BCUT2D eigenvalue weighted by molar-refractivity contribution is -0.116. The fourth-order valence-electron chi connectivity index (χ4n) is 2.79. The lowest BCUT2D eigenvalue weighted by Crippen LogP contribution is -2.18. The molecule has 2 aromatic carbocycles. The van der Waals surface area contributed by atoms with E-state index in [4.69, 9.17) is 16.3 Å². The third-order valence-electron chi connectivity index (χ3n) is 4.27. The average molecular weight is 426 g/mol. The van der Waals surface area contributed by atoms with Gasteiger partial charge in [-0.25, -0.2) is 9.48 Å². The van der Waals surface area contributed by atoms with E-state index >= 15 is 0 Å². The van der Waals surface area contributed by atoms with E-state index < -0.39 is 11.9 Å². The van der Waals surface area contributed by atoms with Crippen LogP contribution in [0.15, 0.2) is 60.8 Å². The Morgan fingerprint density at radius 2 is 1.73 bits per heavy atom. The molecule has 1 aromatic heterocycles. The Bertz CT molecular complexity index is 1050. The van der Waals surface area contributed by atoms with Gasteiger partial charge in [0.15, 0.2) is 11.6 Å². The third-order valence-corrected chi connectivity index (χ3v) is 4.52. The molecule has 1 amide bonds. The van der Waals surface area contributed by atoms with Gasteiger partial charge in [-0.1, -0.05) is 29.8 Å². The molecule has 0 aliphatic heterocycles. The van der Waals surface area contributed by atoms with Gasteiger partial charge in [-0.3, -0.25) is 9.59 Å². The van der Waals surface area contributed by atoms with E-state index in [0.717, 1.165) is 0 Å². The van der Waals surface area contributed by atoms with Crippen molar-refractivity contribution in [3.05, 3.63) is 76.9 Å². The number of ketones is 1. The molecule has 3 aromatic rings. The molecule has 0 aliphatic rings. The summed E-state index contributed by atoms with van der Waals surface area (Å²) in [5.74, 6) is -0.986. The van der Waals surface area contributed by atoms with Crippen molar-refractivity contribution < 1.29 is 19.1 Å². The van der Waals surface area contributed by atoms with Crippen molar-refractivity contribution in [2.45, 2.75) is 19.8 Å². The van der Waals surface area contributed by atoms with Gasteiger partial charge in [-0.2, -0.15) is 5.10 Å². The molecule has 1 N–H and O–H groups in total. The van der Waals surface area contributed by atoms with Crippen LogP contribution in [-0.4, -0.2) is 34.0 Å². The van der Waals surface area contributed by atoms with Crippen LogP contribution in [0.5, 0.6) is 0 Å². The molecule has 8 heteroatoms. The predicted molar refractivity (Wildman–Crippen MR) is 113 cm³/mol. The topological polar surface area (TPSA) is 90.3 Å². The maximum atomic E-state index is 12.5. The molecular weight excluding hydrogens is 406 g/mol. The van der Waals surface area contributed by atoms with Gasteiger partial charge in [-0.05, 0) is 43.3 Å². The van der Waals surface area contributed by atoms with E-state index in [9.17, 15) is 14.4 Å². The van der Waals surface area contributed by atoms with E-state index in [2.05, 4.69) is 10.4 Å². The van der Waals surface area contributed by atoms with Crippen molar-refractivity contribution in [2.75, 3.05) is 11.9 Å². The number of hydrogen-bond acceptors (Lipinski definition) is 5. The molecular formula is C22H20ClN3O4. The summed E-state index contributed by atoms with van der Waals surface area (Å²) in [6.07, 6.45) is 1.31. The highest BCUT2D eigenvalue weighted by Crippen LogP contribution is 2.22. The van der Waals surface area contributed by atoms with E-state index in [1.165, 1.54) is 10.9 Å². The number of anilines is 1. The van der Waals surface area contributed by atoms with E-state index in [1.54, 1.807) is 43.3 Å². The van der Waals surface area contributed by atoms with Crippen molar-refractivity contribution in [3.63, 3.8) is 0 Å². The number of Topliss-reactive ketones (excluding diaryl/α,β-unsaturated/α-hetero) is 1. The monoisotopic (exact) mass is 425 g/mol. The summed E-state index contributed by atoms with van der Waals surface area (Å²) < 4.78 is 6.51. The molecule has 0 aliphatic carbocycles. The number of nitrogens with zero attached hydrogens (tertiary/aromatic N) is 2. The zero-order chi connectivity index (χ0) is 21.5. The van der Waals surface area contributed by atoms with Crippen molar-refractivity contribution in [1.82, 2.24) is 9.78 Å². The molecule has 0 saturated carbocycles. The van der Waals surface area contributed by atoms with Crippen LogP contribution in [0.1, 0.15) is 40.5 Å². The van der Waals surface area contributed by atoms with Crippen LogP contribution in [0.25, 0.3) is 5.69 Å². The molecule has 0 radical (unpaired) electrons. The first kappa shape index (κ1) is 21.3. The molecule has 154 valence electrons. The normalized spacial score (nSPS) is 10.5. The first-order chi connectivity index (χ1) is 14.5. The second-order valence-corrected chi connectivity index (χ2v) is 6.79. The summed E-state index contributed by atoms with van der Waals surface area (Å²) in [4.78, 5) is 37.1. The van der Waals surface area contributed by atoms with E-state index in [1.807, 2.05) is 18.2 Å². The minimum absolute atomic E-state index is 0.0156. The highest BCUT2D eigenvalue weighted by Gasteiger charge is 2.21. The van der Waals surface area contributed by atoms with Crippen molar-refractivity contribution in [1.29, 1.82) is 0 Å². The van der Waals surface area contributed by atoms with E-state index in [0.29, 0.717) is 16.3 Å². The van der Waals surface area contributed by atoms with Gasteiger partial charge in [0.2, 0.25) is 5.91 Å². The fraction of sp³-hybridized carbons (Fsp3) is 0.182. The number of benzene rings is 2. The molecule has 3 rings (SSSR count). The Morgan fingerprint density at radius 1 is 1.03 bits per heavy atom. The van der Waals surface area contributed by atoms with Gasteiger partial charge in [0.1, 0.15) is 5.56 Å². The summed E-state index contributed by atoms with van der Waals surface area (Å²) >= 11 is 5.83. The molecule has 0 spiro atoms. The summed E-state index contributed by atoms with van der Waals surface area (Å²) in [5.41, 5.74) is 1.28. The zero-order valence-electron chi connectivity index (χ0n) is 16.3. The molecule has 0 fully saturated rings. The molecule has 0 saturated heterocycles. The number of hydrogen-bond donors (Lipinski definition) is 1. The van der Waals surface area contributed by atoms with Gasteiger partial charge >= 0.3 is 5.97 Å². The average Bonchev–Trinajstić information content (AvgIpc) is 3.17. The number of para-hydroxylation sites is 1. The third kappa shape index (κ3) is 5.12. The SMILES string of the molecule is CCOC(=O)c1cnn(-c2ccccc2)c1NC(=O)CCC(=O)c1ccc(Cl)cc1. The molecule has 0 unspecified atom stereocenters. The Labute approximate surface area is 178 Å². The molecule has 7 nitrogen and oxygen atoms in total. The Balaban J connectivity index is 1.76. The van der Waals surface area contributed by atoms with E-state index in [-0.39, 0.29) is 36.6 Å². The van der Waals surface area contributed by atoms with Crippen LogP contribution < -0.4 is 5.32 Å². The van der Waals surface area contributed by atoms with Crippen LogP contribution in [-0.2, 0) is 9.53 Å². The van der Waals surface area contributed by atoms with Crippen LogP contribution >= 0.6 is 11.6 Å². The minimum atomic E-state index is -0.591. The van der Waals surface area contributed by atoms with Crippen molar-refractivity contribution in [2.24, 2.45) is 0 Å². The summed E-state index contributed by atoms with van der Waals surface area (Å²) in [7, 11) is 0. The maximum absolute atomic E-state index is 12.5. The number of esters is 1. The number of carbonyl (C=O) groups is 3. The zero-order valence-corrected chi connectivity index (χ0v) is 17.1. The van der Waals surface area contributed by atoms with Gasteiger partial charge in [0.05, 0.1) is 18.5 Å². The van der Waals surface area contributed by atoms with Crippen LogP contribution in [0.4, 0.5) is 5.82 Å². The van der Waals surface area contributed by atoms with Crippen molar-refractivity contribution in [3.8, 4) is 5.69 Å². The lowest BCUT2D eigenvalue weighted by atomic mass is 10.1. The number of halogens is 1. The predicted octanol–water partition coefficient (Wildman–Crippen LogP) is 4.30. The van der Waals surface area contributed by atoms with Gasteiger partial charge in [-0.15, -0.1) is 0 Å². The standard InChI is InChI=1S/C22H20ClN3O4/c1-2-30-22(29)18-14-24-26(17-6-4-3-5-7-17)21(18)25-20(28)13-12-19(27)15-8-10-16(23)11-9-15/h3-11,14H,2,12-13H2,1H3,(H,25,28). The van der Waals surface area contributed by atoms with Crippen LogP contribution in [0, 0.1) is 0 Å². The fourth-order valence-corrected chi connectivity index (χ4v) is 2.92. The smallest absolute Gasteiger partial charge is 0.343 e. The number of carbonyl (C=O) groups excluding carboxylic acids is 3. The Hall–Kier alpha value is -3.45. The number of ether oxygens (including phenoxy) is 1. The summed E-state index contributed by atoms with van der Waals surface area (Å²) in [6.45, 7) is 1.89. The number of aromatic nitrogens is 2. The Kier molecular flexibility index (Phi) is 6.98. The van der Waals surface area contributed by atoms with Gasteiger partial charge in [0, 0.05) is 23.4 Å². The maximum Gasteiger partial charge on any atom is 0.343 e. The summed E-state index contributed by atoms with van der Waals surface area (Å²) in [5, 5.41) is 7.45. The lowest BCUT2D eigenvalue weighted by Gasteiger charge is -2.11. The Morgan fingerprint density at radius 3 is 2.40 bits per heavy atom. The highest BCUT2D eigenvalue weighted by atomic mass is 35.5.